The number of fused-ring (bicyclic) bond motifs is 1. The molecule has 1 N–H and O–H groups in total. The molecular formula is C23H20ClFN4O2S. The molecule has 9 heteroatoms. The zero-order valence-electron chi connectivity index (χ0n) is 17.1. The third kappa shape index (κ3) is 4.50. The first-order valence-electron chi connectivity index (χ1n) is 10.2. The second-order valence-corrected chi connectivity index (χ2v) is 9.09. The lowest BCUT2D eigenvalue weighted by Gasteiger charge is -2.31. The van der Waals surface area contributed by atoms with Gasteiger partial charge in [0.2, 0.25) is 5.91 Å². The van der Waals surface area contributed by atoms with Crippen LogP contribution in [0.3, 0.4) is 0 Å². The van der Waals surface area contributed by atoms with E-state index in [0.717, 1.165) is 31.0 Å². The Kier molecular flexibility index (Phi) is 6.49. The fraction of sp³-hybridized carbons (Fsp3) is 0.304. The van der Waals surface area contributed by atoms with Crippen molar-refractivity contribution in [1.82, 2.24) is 14.9 Å². The summed E-state index contributed by atoms with van der Waals surface area (Å²) in [5.41, 5.74) is -0.340. The quantitative estimate of drug-likeness (QED) is 0.434. The van der Waals surface area contributed by atoms with Gasteiger partial charge in [-0.05, 0) is 43.2 Å². The van der Waals surface area contributed by atoms with E-state index in [9.17, 15) is 19.2 Å². The molecule has 2 aromatic carbocycles. The van der Waals surface area contributed by atoms with Crippen LogP contribution in [0.15, 0.2) is 52.4 Å². The van der Waals surface area contributed by atoms with Crippen LogP contribution < -0.4 is 10.9 Å². The number of thioether (sulfide) groups is 1. The number of rotatable bonds is 5. The second kappa shape index (κ2) is 9.31. The molecule has 0 atom stereocenters. The fourth-order valence-corrected chi connectivity index (χ4v) is 4.90. The Morgan fingerprint density at radius 2 is 2.00 bits per heavy atom. The van der Waals surface area contributed by atoms with E-state index in [1.807, 2.05) is 0 Å². The molecule has 1 aliphatic carbocycles. The Labute approximate surface area is 193 Å². The molecule has 32 heavy (non-hydrogen) atoms. The van der Waals surface area contributed by atoms with E-state index in [1.54, 1.807) is 24.3 Å². The molecule has 3 aromatic rings. The van der Waals surface area contributed by atoms with Gasteiger partial charge in [0.15, 0.2) is 5.16 Å². The summed E-state index contributed by atoms with van der Waals surface area (Å²) in [6, 6.07) is 13.1. The number of carbonyl (C=O) groups is 1. The smallest absolute Gasteiger partial charge is 0.266 e. The van der Waals surface area contributed by atoms with Crippen LogP contribution in [0.1, 0.15) is 32.1 Å². The third-order valence-electron chi connectivity index (χ3n) is 5.54. The summed E-state index contributed by atoms with van der Waals surface area (Å²) < 4.78 is 15.0. The summed E-state index contributed by atoms with van der Waals surface area (Å²) in [4.78, 5) is 30.5. The number of nitriles is 1. The molecule has 1 fully saturated rings. The Morgan fingerprint density at radius 3 is 2.72 bits per heavy atom. The van der Waals surface area contributed by atoms with Gasteiger partial charge in [-0.25, -0.2) is 9.37 Å². The second-order valence-electron chi connectivity index (χ2n) is 7.74. The SMILES string of the molecule is N#CC1(NC(=O)CSc2nc3ccccc3c(=O)n2-c2ccc(F)c(Cl)c2)CCCCC1. The maximum Gasteiger partial charge on any atom is 0.266 e. The van der Waals surface area contributed by atoms with Gasteiger partial charge in [0.1, 0.15) is 11.4 Å². The van der Waals surface area contributed by atoms with E-state index in [0.29, 0.717) is 29.4 Å². The number of hydrogen-bond acceptors (Lipinski definition) is 5. The Bertz CT molecular complexity index is 1280. The summed E-state index contributed by atoms with van der Waals surface area (Å²) in [6.45, 7) is 0. The largest absolute Gasteiger partial charge is 0.337 e. The van der Waals surface area contributed by atoms with E-state index in [-0.39, 0.29) is 27.4 Å². The van der Waals surface area contributed by atoms with E-state index < -0.39 is 11.4 Å². The van der Waals surface area contributed by atoms with E-state index in [1.165, 1.54) is 22.8 Å². The number of nitrogens with zero attached hydrogens (tertiary/aromatic N) is 3. The molecule has 0 radical (unpaired) electrons. The van der Waals surface area contributed by atoms with Crippen molar-refractivity contribution in [3.63, 3.8) is 0 Å². The average Bonchev–Trinajstić information content (AvgIpc) is 2.80. The van der Waals surface area contributed by atoms with Gasteiger partial charge in [0.25, 0.3) is 5.56 Å². The molecule has 1 aliphatic rings. The molecule has 6 nitrogen and oxygen atoms in total. The zero-order valence-corrected chi connectivity index (χ0v) is 18.7. The van der Waals surface area contributed by atoms with Crippen LogP contribution in [0.4, 0.5) is 4.39 Å². The van der Waals surface area contributed by atoms with Crippen molar-refractivity contribution in [2.45, 2.75) is 42.8 Å². The number of aromatic nitrogens is 2. The van der Waals surface area contributed by atoms with Crippen molar-refractivity contribution < 1.29 is 9.18 Å². The minimum Gasteiger partial charge on any atom is -0.337 e. The van der Waals surface area contributed by atoms with Gasteiger partial charge in [0.05, 0.1) is 33.4 Å². The van der Waals surface area contributed by atoms with Gasteiger partial charge >= 0.3 is 0 Å². The third-order valence-corrected chi connectivity index (χ3v) is 6.77. The lowest BCUT2D eigenvalue weighted by Crippen LogP contribution is -2.49. The van der Waals surface area contributed by atoms with Crippen molar-refractivity contribution in [3.8, 4) is 11.8 Å². The van der Waals surface area contributed by atoms with E-state index >= 15 is 0 Å². The monoisotopic (exact) mass is 470 g/mol. The topological polar surface area (TPSA) is 87.8 Å². The number of carbonyl (C=O) groups excluding carboxylic acids is 1. The average molecular weight is 471 g/mol. The molecule has 1 heterocycles. The first-order valence-corrected chi connectivity index (χ1v) is 11.6. The molecule has 1 aromatic heterocycles. The molecule has 0 saturated heterocycles. The van der Waals surface area contributed by atoms with Crippen molar-refractivity contribution in [2.24, 2.45) is 0 Å². The van der Waals surface area contributed by atoms with Crippen LogP contribution in [-0.4, -0.2) is 26.8 Å². The van der Waals surface area contributed by atoms with Crippen LogP contribution in [0.25, 0.3) is 16.6 Å². The maximum atomic E-state index is 13.7. The zero-order chi connectivity index (χ0) is 22.7. The van der Waals surface area contributed by atoms with Gasteiger partial charge < -0.3 is 5.32 Å². The number of halogens is 2. The van der Waals surface area contributed by atoms with Crippen molar-refractivity contribution in [1.29, 1.82) is 5.26 Å². The molecule has 1 amide bonds. The van der Waals surface area contributed by atoms with Gasteiger partial charge in [-0.3, -0.25) is 14.2 Å². The van der Waals surface area contributed by atoms with Gasteiger partial charge in [0, 0.05) is 0 Å². The van der Waals surface area contributed by atoms with Crippen LogP contribution in [0.2, 0.25) is 5.02 Å². The standard InChI is InChI=1S/C23H20ClFN4O2S/c24-17-12-15(8-9-18(17)25)29-21(31)16-6-2-3-7-19(16)27-22(29)32-13-20(30)28-23(14-26)10-4-1-5-11-23/h2-3,6-9,12H,1,4-5,10-11,13H2,(H,28,30). The number of benzene rings is 2. The van der Waals surface area contributed by atoms with Gasteiger partial charge in [-0.2, -0.15) is 5.26 Å². The number of amides is 1. The fourth-order valence-electron chi connectivity index (χ4n) is 3.91. The molecule has 164 valence electrons. The minimum atomic E-state index is -0.836. The predicted molar refractivity (Wildman–Crippen MR) is 123 cm³/mol. The number of hydrogen-bond donors (Lipinski definition) is 1. The Morgan fingerprint density at radius 1 is 1.25 bits per heavy atom. The summed E-state index contributed by atoms with van der Waals surface area (Å²) >= 11 is 7.02. The maximum absolute atomic E-state index is 13.7. The van der Waals surface area contributed by atoms with Crippen LogP contribution in [-0.2, 0) is 4.79 Å². The van der Waals surface area contributed by atoms with Gasteiger partial charge in [-0.15, -0.1) is 0 Å². The summed E-state index contributed by atoms with van der Waals surface area (Å²) in [5, 5.41) is 13.0. The van der Waals surface area contributed by atoms with Crippen LogP contribution in [0.5, 0.6) is 0 Å². The minimum absolute atomic E-state index is 0.0247. The van der Waals surface area contributed by atoms with Crippen LogP contribution >= 0.6 is 23.4 Å². The van der Waals surface area contributed by atoms with Crippen molar-refractivity contribution >= 4 is 40.2 Å². The molecule has 1 saturated carbocycles. The summed E-state index contributed by atoms with van der Waals surface area (Å²) in [5.74, 6) is -0.923. The lowest BCUT2D eigenvalue weighted by molar-refractivity contribution is -0.120. The normalized spacial score (nSPS) is 15.3. The highest BCUT2D eigenvalue weighted by molar-refractivity contribution is 7.99. The van der Waals surface area contributed by atoms with Crippen molar-refractivity contribution in [2.75, 3.05) is 5.75 Å². The first kappa shape index (κ1) is 22.3. The molecular weight excluding hydrogens is 451 g/mol. The van der Waals surface area contributed by atoms with E-state index in [4.69, 9.17) is 11.6 Å². The first-order chi connectivity index (χ1) is 15.4. The predicted octanol–water partition coefficient (Wildman–Crippen LogP) is 4.61. The molecule has 0 spiro atoms. The number of nitrogens with one attached hydrogen (secondary N) is 1. The van der Waals surface area contributed by atoms with Crippen LogP contribution in [0, 0.1) is 17.1 Å². The highest BCUT2D eigenvalue weighted by Gasteiger charge is 2.33. The summed E-state index contributed by atoms with van der Waals surface area (Å²) in [6.07, 6.45) is 4.12. The summed E-state index contributed by atoms with van der Waals surface area (Å²) in [7, 11) is 0. The molecule has 0 unspecified atom stereocenters. The molecule has 0 bridgehead atoms. The van der Waals surface area contributed by atoms with E-state index in [2.05, 4.69) is 16.4 Å². The molecule has 0 aliphatic heterocycles. The highest BCUT2D eigenvalue weighted by atomic mass is 35.5. The Balaban J connectivity index is 1.67. The number of para-hydroxylation sites is 1. The highest BCUT2D eigenvalue weighted by Crippen LogP contribution is 2.28. The lowest BCUT2D eigenvalue weighted by atomic mass is 9.83. The molecule has 4 rings (SSSR count). The van der Waals surface area contributed by atoms with Gasteiger partial charge in [-0.1, -0.05) is 54.8 Å². The Hall–Kier alpha value is -2.89. The van der Waals surface area contributed by atoms with Crippen molar-refractivity contribution in [3.05, 3.63) is 63.7 Å².